The molecule has 0 heterocycles. The number of rotatable bonds is 9. The van der Waals surface area contributed by atoms with Gasteiger partial charge in [0.25, 0.3) is 11.4 Å². The topological polar surface area (TPSA) is 151 Å². The predicted molar refractivity (Wildman–Crippen MR) is 130 cm³/mol. The van der Waals surface area contributed by atoms with Crippen LogP contribution in [0.1, 0.15) is 32.3 Å². The Morgan fingerprint density at radius 3 is 2.17 bits per heavy atom. The molecule has 0 fully saturated rings. The number of carbonyl (C=O) groups is 2. The molecule has 2 aromatic carbocycles. The average molecular weight is 495 g/mol. The van der Waals surface area contributed by atoms with E-state index in [2.05, 4.69) is 5.32 Å². The summed E-state index contributed by atoms with van der Waals surface area (Å²) in [5.74, 6) is -3.27. The largest absolute Gasteiger partial charge is 0.466 e. The van der Waals surface area contributed by atoms with Gasteiger partial charge >= 0.3 is 11.9 Å². The van der Waals surface area contributed by atoms with E-state index in [1.165, 1.54) is 36.4 Å². The molecule has 1 aliphatic rings. The molecule has 2 atom stereocenters. The summed E-state index contributed by atoms with van der Waals surface area (Å²) in [4.78, 5) is 47.9. The van der Waals surface area contributed by atoms with E-state index in [0.29, 0.717) is 16.8 Å². The number of hydrogen-bond donors (Lipinski definition) is 1. The Morgan fingerprint density at radius 1 is 0.944 bits per heavy atom. The molecule has 11 nitrogen and oxygen atoms in total. The molecular weight excluding hydrogens is 470 g/mol. The monoisotopic (exact) mass is 495 g/mol. The van der Waals surface area contributed by atoms with E-state index in [1.54, 1.807) is 39.0 Å². The second-order valence-corrected chi connectivity index (χ2v) is 7.93. The third-order valence-electron chi connectivity index (χ3n) is 5.61. The molecule has 36 heavy (non-hydrogen) atoms. The van der Waals surface area contributed by atoms with Crippen LogP contribution < -0.4 is 5.32 Å². The molecule has 0 unspecified atom stereocenters. The van der Waals surface area contributed by atoms with Crippen LogP contribution >= 0.6 is 0 Å². The van der Waals surface area contributed by atoms with E-state index in [4.69, 9.17) is 9.47 Å². The summed E-state index contributed by atoms with van der Waals surface area (Å²) in [5.41, 5.74) is 1.14. The van der Waals surface area contributed by atoms with Crippen molar-refractivity contribution in [1.29, 1.82) is 0 Å². The number of anilines is 1. The number of esters is 2. The molecule has 0 radical (unpaired) electrons. The second kappa shape index (κ2) is 11.3. The maximum Gasteiger partial charge on any atom is 0.336 e. The number of carbonyl (C=O) groups excluding carboxylic acids is 2. The lowest BCUT2D eigenvalue weighted by Gasteiger charge is -2.33. The molecule has 0 saturated carbocycles. The highest BCUT2D eigenvalue weighted by Gasteiger charge is 2.42. The fraction of sp³-hybridized carbons (Fsp3) is 0.280. The van der Waals surface area contributed by atoms with Gasteiger partial charge in [-0.25, -0.2) is 4.79 Å². The molecule has 0 bridgehead atoms. The molecule has 3 rings (SSSR count). The van der Waals surface area contributed by atoms with Crippen molar-refractivity contribution in [3.8, 4) is 0 Å². The van der Waals surface area contributed by atoms with Gasteiger partial charge < -0.3 is 14.8 Å². The molecule has 0 amide bonds. The summed E-state index contributed by atoms with van der Waals surface area (Å²) in [5, 5.41) is 25.7. The third kappa shape index (κ3) is 5.57. The van der Waals surface area contributed by atoms with Crippen LogP contribution in [0.25, 0.3) is 0 Å². The summed E-state index contributed by atoms with van der Waals surface area (Å²) in [6.45, 7) is 5.10. The number of nitro groups is 2. The molecule has 0 aliphatic heterocycles. The van der Waals surface area contributed by atoms with Gasteiger partial charge in [0.15, 0.2) is 0 Å². The minimum Gasteiger partial charge on any atom is -0.466 e. The fourth-order valence-corrected chi connectivity index (χ4v) is 4.14. The summed E-state index contributed by atoms with van der Waals surface area (Å²) in [6.07, 6.45) is 1.58. The van der Waals surface area contributed by atoms with Crippen LogP contribution in [0.3, 0.4) is 0 Å². The first-order chi connectivity index (χ1) is 17.2. The molecule has 0 saturated heterocycles. The molecule has 188 valence electrons. The maximum absolute atomic E-state index is 13.3. The van der Waals surface area contributed by atoms with Crippen LogP contribution in [-0.4, -0.2) is 35.0 Å². The zero-order valence-electron chi connectivity index (χ0n) is 19.9. The number of non-ortho nitro benzene ring substituents is 2. The van der Waals surface area contributed by atoms with Crippen molar-refractivity contribution in [3.05, 3.63) is 97.2 Å². The minimum atomic E-state index is -0.978. The first-order valence-corrected chi connectivity index (χ1v) is 11.2. The van der Waals surface area contributed by atoms with Gasteiger partial charge in [-0.05, 0) is 38.5 Å². The summed E-state index contributed by atoms with van der Waals surface area (Å²) in [6, 6.07) is 11.4. The summed E-state index contributed by atoms with van der Waals surface area (Å²) >= 11 is 0. The van der Waals surface area contributed by atoms with E-state index < -0.39 is 33.6 Å². The van der Waals surface area contributed by atoms with Gasteiger partial charge in [-0.2, -0.15) is 0 Å². The molecule has 1 aliphatic carbocycles. The highest BCUT2D eigenvalue weighted by molar-refractivity contribution is 5.96. The lowest BCUT2D eigenvalue weighted by molar-refractivity contribution is -0.385. The Morgan fingerprint density at radius 2 is 1.56 bits per heavy atom. The molecule has 0 aromatic heterocycles. The lowest BCUT2D eigenvalue weighted by Crippen LogP contribution is -2.34. The van der Waals surface area contributed by atoms with Gasteiger partial charge in [-0.3, -0.25) is 25.0 Å². The fourth-order valence-electron chi connectivity index (χ4n) is 4.14. The van der Waals surface area contributed by atoms with E-state index >= 15 is 0 Å². The van der Waals surface area contributed by atoms with E-state index in [0.717, 1.165) is 0 Å². The van der Waals surface area contributed by atoms with Crippen molar-refractivity contribution in [3.63, 3.8) is 0 Å². The summed E-state index contributed by atoms with van der Waals surface area (Å²) in [7, 11) is 0. The zero-order valence-corrected chi connectivity index (χ0v) is 19.9. The van der Waals surface area contributed by atoms with Crippen molar-refractivity contribution < 1.29 is 28.9 Å². The first-order valence-electron chi connectivity index (χ1n) is 11.2. The quantitative estimate of drug-likeness (QED) is 0.297. The average Bonchev–Trinajstić information content (AvgIpc) is 2.84. The second-order valence-electron chi connectivity index (χ2n) is 7.93. The lowest BCUT2D eigenvalue weighted by atomic mass is 9.72. The van der Waals surface area contributed by atoms with Crippen LogP contribution in [0.4, 0.5) is 17.1 Å². The number of benzene rings is 2. The van der Waals surface area contributed by atoms with Gasteiger partial charge in [-0.1, -0.05) is 23.8 Å². The Kier molecular flexibility index (Phi) is 8.15. The van der Waals surface area contributed by atoms with Gasteiger partial charge in [0.1, 0.15) is 0 Å². The zero-order chi connectivity index (χ0) is 26.4. The number of nitrogens with zero attached hydrogens (tertiary/aromatic N) is 2. The number of nitrogens with one attached hydrogen (secondary N) is 1. The van der Waals surface area contributed by atoms with E-state index in [-0.39, 0.29) is 35.9 Å². The van der Waals surface area contributed by atoms with Crippen molar-refractivity contribution in [2.45, 2.75) is 26.7 Å². The number of hydrogen-bond acceptors (Lipinski definition) is 9. The smallest absolute Gasteiger partial charge is 0.336 e. The first kappa shape index (κ1) is 26.1. The highest BCUT2D eigenvalue weighted by Crippen LogP contribution is 2.44. The Balaban J connectivity index is 2.25. The van der Waals surface area contributed by atoms with Crippen LogP contribution in [-0.2, 0) is 19.1 Å². The van der Waals surface area contributed by atoms with Gasteiger partial charge in [0, 0.05) is 41.6 Å². The molecule has 2 aromatic rings. The van der Waals surface area contributed by atoms with Crippen molar-refractivity contribution >= 4 is 29.0 Å². The van der Waals surface area contributed by atoms with Crippen molar-refractivity contribution in [2.24, 2.45) is 5.92 Å². The SMILES string of the molecule is CCOC(=O)C1=C(Nc2cccc([N+](=O)[O-])c2)C=C(C)[C@H](C(=O)OCC)[C@H]1c1cccc([N+](=O)[O-])c1. The minimum absolute atomic E-state index is 0.0425. The van der Waals surface area contributed by atoms with Crippen LogP contribution in [0.15, 0.2) is 71.5 Å². The van der Waals surface area contributed by atoms with Crippen LogP contribution in [0.2, 0.25) is 0 Å². The van der Waals surface area contributed by atoms with Gasteiger partial charge in [-0.15, -0.1) is 0 Å². The molecule has 0 spiro atoms. The van der Waals surface area contributed by atoms with Crippen LogP contribution in [0, 0.1) is 26.1 Å². The number of nitro benzene ring substituents is 2. The van der Waals surface area contributed by atoms with Crippen molar-refractivity contribution in [1.82, 2.24) is 0 Å². The number of ether oxygens (including phenoxy) is 2. The Labute approximate surface area is 206 Å². The summed E-state index contributed by atoms with van der Waals surface area (Å²) < 4.78 is 10.6. The predicted octanol–water partition coefficient (Wildman–Crippen LogP) is 4.66. The molecule has 1 N–H and O–H groups in total. The van der Waals surface area contributed by atoms with Crippen LogP contribution in [0.5, 0.6) is 0 Å². The third-order valence-corrected chi connectivity index (χ3v) is 5.61. The standard InChI is InChI=1S/C25H25N3O8/c1-4-35-24(29)21-15(3)12-20(26-17-9-7-11-19(14-17)28(33)34)23(25(30)36-5-2)22(21)16-8-6-10-18(13-16)27(31)32/h6-14,21-22,26H,4-5H2,1-3H3/t21-,22+/m0/s1. The molecular formula is C25H25N3O8. The Hall–Kier alpha value is -4.54. The van der Waals surface area contributed by atoms with E-state index in [9.17, 15) is 29.8 Å². The number of allylic oxidation sites excluding steroid dienone is 1. The maximum atomic E-state index is 13.3. The van der Waals surface area contributed by atoms with Gasteiger partial charge in [0.2, 0.25) is 0 Å². The normalized spacial score (nSPS) is 17.1. The van der Waals surface area contributed by atoms with E-state index in [1.807, 2.05) is 0 Å². The Bertz CT molecular complexity index is 1270. The molecule has 11 heteroatoms. The highest BCUT2D eigenvalue weighted by atomic mass is 16.6. The van der Waals surface area contributed by atoms with Crippen molar-refractivity contribution in [2.75, 3.05) is 18.5 Å². The van der Waals surface area contributed by atoms with Gasteiger partial charge in [0.05, 0.1) is 34.6 Å².